The van der Waals surface area contributed by atoms with Gasteiger partial charge in [0.25, 0.3) is 5.91 Å². The minimum absolute atomic E-state index is 0.0540. The maximum Gasteiger partial charge on any atom is 0.255 e. The zero-order valence-electron chi connectivity index (χ0n) is 10.6. The van der Waals surface area contributed by atoms with Crippen molar-refractivity contribution in [3.05, 3.63) is 71.0 Å². The summed E-state index contributed by atoms with van der Waals surface area (Å²) in [5, 5.41) is 2.66. The lowest BCUT2D eigenvalue weighted by Gasteiger charge is -2.10. The Bertz CT molecular complexity index is 682. The molecule has 1 N–H and O–H groups in total. The summed E-state index contributed by atoms with van der Waals surface area (Å²) >= 11 is 0. The van der Waals surface area contributed by atoms with Gasteiger partial charge in [-0.15, -0.1) is 0 Å². The molecule has 0 aliphatic carbocycles. The summed E-state index contributed by atoms with van der Waals surface area (Å²) in [6, 6.07) is 12.9. The summed E-state index contributed by atoms with van der Waals surface area (Å²) < 4.78 is 13.6. The number of hydrogen-bond donors (Lipinski definition) is 1. The molecule has 100 valence electrons. The Kier molecular flexibility index (Phi) is 3.06. The Morgan fingerprint density at radius 2 is 1.85 bits per heavy atom. The lowest BCUT2D eigenvalue weighted by atomic mass is 9.97. The average molecular weight is 269 g/mol. The van der Waals surface area contributed by atoms with E-state index in [9.17, 15) is 14.0 Å². The largest absolute Gasteiger partial charge is 0.345 e. The fraction of sp³-hybridized carbons (Fsp3) is 0.125. The van der Waals surface area contributed by atoms with Crippen molar-refractivity contribution in [1.29, 1.82) is 0 Å². The van der Waals surface area contributed by atoms with Crippen molar-refractivity contribution in [3.8, 4) is 0 Å². The van der Waals surface area contributed by atoms with Gasteiger partial charge in [-0.3, -0.25) is 9.59 Å². The molecule has 0 radical (unpaired) electrons. The number of carbonyl (C=O) groups is 2. The lowest BCUT2D eigenvalue weighted by Crippen LogP contribution is -2.21. The molecule has 4 heteroatoms. The Morgan fingerprint density at radius 3 is 2.60 bits per heavy atom. The highest BCUT2D eigenvalue weighted by Crippen LogP contribution is 2.30. The molecule has 1 aliphatic heterocycles. The van der Waals surface area contributed by atoms with Crippen molar-refractivity contribution >= 4 is 11.7 Å². The van der Waals surface area contributed by atoms with Crippen LogP contribution in [-0.4, -0.2) is 11.7 Å². The molecule has 1 heterocycles. The van der Waals surface area contributed by atoms with Gasteiger partial charge in [0.05, 0.1) is 11.6 Å². The van der Waals surface area contributed by atoms with Gasteiger partial charge in [-0.25, -0.2) is 4.39 Å². The highest BCUT2D eigenvalue weighted by atomic mass is 19.1. The Labute approximate surface area is 115 Å². The van der Waals surface area contributed by atoms with Crippen molar-refractivity contribution in [2.45, 2.75) is 12.5 Å². The summed E-state index contributed by atoms with van der Waals surface area (Å²) in [6.45, 7) is 0. The second kappa shape index (κ2) is 4.89. The number of Topliss-reactive ketones (excluding diaryl/α,β-unsaturated/α-hetero) is 1. The summed E-state index contributed by atoms with van der Waals surface area (Å²) in [5.41, 5.74) is 1.20. The Hall–Kier alpha value is -2.49. The van der Waals surface area contributed by atoms with Crippen LogP contribution in [-0.2, 0) is 0 Å². The first-order valence-electron chi connectivity index (χ1n) is 6.34. The van der Waals surface area contributed by atoms with E-state index in [0.29, 0.717) is 11.1 Å². The fourth-order valence-electron chi connectivity index (χ4n) is 2.47. The second-order valence-corrected chi connectivity index (χ2v) is 4.72. The zero-order chi connectivity index (χ0) is 14.1. The van der Waals surface area contributed by atoms with E-state index in [2.05, 4.69) is 5.32 Å². The topological polar surface area (TPSA) is 46.2 Å². The van der Waals surface area contributed by atoms with Gasteiger partial charge < -0.3 is 5.32 Å². The van der Waals surface area contributed by atoms with Crippen LogP contribution in [0.25, 0.3) is 0 Å². The molecular weight excluding hydrogens is 257 g/mol. The first-order chi connectivity index (χ1) is 9.66. The third-order valence-electron chi connectivity index (χ3n) is 3.44. The number of halogens is 1. The van der Waals surface area contributed by atoms with Crippen molar-refractivity contribution in [1.82, 2.24) is 5.32 Å². The monoisotopic (exact) mass is 269 g/mol. The number of amides is 1. The Morgan fingerprint density at radius 1 is 1.10 bits per heavy atom. The maximum atomic E-state index is 13.6. The SMILES string of the molecule is O=C(C[C@@H]1NC(=O)c2c(F)cccc21)c1ccccc1. The molecule has 0 fully saturated rings. The van der Waals surface area contributed by atoms with Gasteiger partial charge in [-0.2, -0.15) is 0 Å². The summed E-state index contributed by atoms with van der Waals surface area (Å²) in [5.74, 6) is -1.08. The van der Waals surface area contributed by atoms with Crippen LogP contribution in [0.15, 0.2) is 48.5 Å². The van der Waals surface area contributed by atoms with Gasteiger partial charge in [0, 0.05) is 12.0 Å². The van der Waals surface area contributed by atoms with Gasteiger partial charge in [0.15, 0.2) is 5.78 Å². The number of rotatable bonds is 3. The number of carbonyl (C=O) groups excluding carboxylic acids is 2. The molecule has 1 atom stereocenters. The van der Waals surface area contributed by atoms with E-state index in [-0.39, 0.29) is 17.8 Å². The van der Waals surface area contributed by atoms with E-state index in [1.54, 1.807) is 36.4 Å². The second-order valence-electron chi connectivity index (χ2n) is 4.72. The molecule has 1 amide bonds. The third kappa shape index (κ3) is 2.09. The highest BCUT2D eigenvalue weighted by molar-refractivity contribution is 6.02. The zero-order valence-corrected chi connectivity index (χ0v) is 10.6. The highest BCUT2D eigenvalue weighted by Gasteiger charge is 2.32. The first kappa shape index (κ1) is 12.5. The molecule has 2 aromatic rings. The average Bonchev–Trinajstić information content (AvgIpc) is 2.77. The number of benzene rings is 2. The van der Waals surface area contributed by atoms with Gasteiger partial charge in [0.2, 0.25) is 0 Å². The first-order valence-corrected chi connectivity index (χ1v) is 6.34. The van der Waals surface area contributed by atoms with Crippen LogP contribution in [0.5, 0.6) is 0 Å². The number of ketones is 1. The van der Waals surface area contributed by atoms with Gasteiger partial charge in [-0.1, -0.05) is 42.5 Å². The molecule has 0 bridgehead atoms. The number of nitrogens with one attached hydrogen (secondary N) is 1. The molecule has 3 rings (SSSR count). The molecule has 2 aromatic carbocycles. The van der Waals surface area contributed by atoms with Crippen LogP contribution < -0.4 is 5.32 Å². The summed E-state index contributed by atoms with van der Waals surface area (Å²) in [6.07, 6.45) is 0.131. The molecule has 0 spiro atoms. The van der Waals surface area contributed by atoms with E-state index < -0.39 is 17.8 Å². The smallest absolute Gasteiger partial charge is 0.255 e. The minimum Gasteiger partial charge on any atom is -0.345 e. The third-order valence-corrected chi connectivity index (χ3v) is 3.44. The number of fused-ring (bicyclic) bond motifs is 1. The van der Waals surface area contributed by atoms with Crippen molar-refractivity contribution < 1.29 is 14.0 Å². The van der Waals surface area contributed by atoms with Crippen LogP contribution in [0.2, 0.25) is 0 Å². The predicted octanol–water partition coefficient (Wildman–Crippen LogP) is 2.88. The van der Waals surface area contributed by atoms with Crippen molar-refractivity contribution in [2.24, 2.45) is 0 Å². The minimum atomic E-state index is -0.547. The number of hydrogen-bond acceptors (Lipinski definition) is 2. The van der Waals surface area contributed by atoms with Crippen molar-refractivity contribution in [3.63, 3.8) is 0 Å². The van der Waals surface area contributed by atoms with Crippen LogP contribution in [0.1, 0.15) is 38.7 Å². The van der Waals surface area contributed by atoms with Crippen LogP contribution in [0.3, 0.4) is 0 Å². The van der Waals surface area contributed by atoms with E-state index >= 15 is 0 Å². The maximum absolute atomic E-state index is 13.6. The van der Waals surface area contributed by atoms with Crippen LogP contribution in [0, 0.1) is 5.82 Å². The van der Waals surface area contributed by atoms with E-state index in [1.165, 1.54) is 6.07 Å². The molecule has 0 saturated carbocycles. The molecule has 0 unspecified atom stereocenters. The molecule has 0 saturated heterocycles. The molecule has 0 aromatic heterocycles. The molecular formula is C16H12FNO2. The Balaban J connectivity index is 1.86. The standard InChI is InChI=1S/C16H12FNO2/c17-12-8-4-7-11-13(18-16(20)15(11)12)9-14(19)10-5-2-1-3-6-10/h1-8,13H,9H2,(H,18,20)/t13-/m0/s1. The van der Waals surface area contributed by atoms with Crippen LogP contribution in [0.4, 0.5) is 4.39 Å². The van der Waals surface area contributed by atoms with Gasteiger partial charge in [-0.05, 0) is 11.6 Å². The van der Waals surface area contributed by atoms with E-state index in [4.69, 9.17) is 0 Å². The predicted molar refractivity (Wildman–Crippen MR) is 72.0 cm³/mol. The fourth-order valence-corrected chi connectivity index (χ4v) is 2.47. The van der Waals surface area contributed by atoms with Crippen molar-refractivity contribution in [2.75, 3.05) is 0 Å². The summed E-state index contributed by atoms with van der Waals surface area (Å²) in [4.78, 5) is 23.9. The van der Waals surface area contributed by atoms with Gasteiger partial charge in [0.1, 0.15) is 5.82 Å². The molecule has 3 nitrogen and oxygen atoms in total. The van der Waals surface area contributed by atoms with E-state index in [0.717, 1.165) is 0 Å². The lowest BCUT2D eigenvalue weighted by molar-refractivity contribution is 0.0932. The molecule has 1 aliphatic rings. The molecule has 20 heavy (non-hydrogen) atoms. The van der Waals surface area contributed by atoms with Gasteiger partial charge >= 0.3 is 0 Å². The normalized spacial score (nSPS) is 16.6. The van der Waals surface area contributed by atoms with E-state index in [1.807, 2.05) is 6.07 Å². The van der Waals surface area contributed by atoms with Crippen LogP contribution >= 0.6 is 0 Å². The quantitative estimate of drug-likeness (QED) is 0.871. The summed E-state index contributed by atoms with van der Waals surface area (Å²) in [7, 11) is 0.